The molecular weight excluding hydrogens is 246 g/mol. The summed E-state index contributed by atoms with van der Waals surface area (Å²) in [5.41, 5.74) is -0.0299. The Balaban J connectivity index is 2.19. The van der Waals surface area contributed by atoms with Crippen molar-refractivity contribution in [3.63, 3.8) is 0 Å². The maximum atomic E-state index is 11.9. The largest absolute Gasteiger partial charge is 0.452 e. The lowest BCUT2D eigenvalue weighted by atomic mass is 9.87. The zero-order valence-corrected chi connectivity index (χ0v) is 11.6. The lowest BCUT2D eigenvalue weighted by Gasteiger charge is -2.39. The minimum Gasteiger partial charge on any atom is -0.452 e. The average molecular weight is 269 g/mol. The van der Waals surface area contributed by atoms with Gasteiger partial charge in [0.25, 0.3) is 6.29 Å². The minimum atomic E-state index is -1.15. The lowest BCUT2D eigenvalue weighted by molar-refractivity contribution is -0.238. The molecule has 0 spiro atoms. The van der Waals surface area contributed by atoms with E-state index < -0.39 is 11.9 Å². The van der Waals surface area contributed by atoms with Crippen molar-refractivity contribution in [1.82, 2.24) is 0 Å². The van der Waals surface area contributed by atoms with E-state index in [0.29, 0.717) is 19.3 Å². The fraction of sp³-hybridized carbons (Fsp3) is 0.857. The number of unbranched alkanes of at least 4 members (excludes halogenated alkanes) is 1. The third-order valence-corrected chi connectivity index (χ3v) is 3.85. The molecule has 2 aliphatic rings. The molecule has 5 heteroatoms. The van der Waals surface area contributed by atoms with Crippen molar-refractivity contribution in [2.75, 3.05) is 0 Å². The predicted octanol–water partition coefficient (Wildman–Crippen LogP) is 2.52. The molecule has 0 aromatic heterocycles. The number of oxime groups is 1. The Morgan fingerprint density at radius 2 is 2.16 bits per heavy atom. The first kappa shape index (κ1) is 14.3. The lowest BCUT2D eigenvalue weighted by Crippen LogP contribution is -2.51. The summed E-state index contributed by atoms with van der Waals surface area (Å²) in [5.74, 6) is -0.234. The van der Waals surface area contributed by atoms with Crippen LogP contribution in [0.25, 0.3) is 0 Å². The van der Waals surface area contributed by atoms with Crippen LogP contribution in [0.1, 0.15) is 64.7 Å². The standard InChI is InChI=1S/C14H23NO4/c1-2-3-9-14-10-11(15-19-13(14)17)7-5-4-6-8-12(16)18-14/h13,17H,2-10H2,1H3/t13-,14-/m0/s1. The van der Waals surface area contributed by atoms with Crippen molar-refractivity contribution in [3.8, 4) is 0 Å². The summed E-state index contributed by atoms with van der Waals surface area (Å²) in [6, 6.07) is 0. The van der Waals surface area contributed by atoms with Crippen molar-refractivity contribution >= 4 is 11.7 Å². The quantitative estimate of drug-likeness (QED) is 0.799. The van der Waals surface area contributed by atoms with Gasteiger partial charge in [-0.1, -0.05) is 24.9 Å². The van der Waals surface area contributed by atoms with Crippen molar-refractivity contribution in [1.29, 1.82) is 0 Å². The maximum absolute atomic E-state index is 11.9. The van der Waals surface area contributed by atoms with Crippen molar-refractivity contribution in [2.45, 2.75) is 76.6 Å². The number of rotatable bonds is 3. The molecule has 2 bridgehead atoms. The number of aliphatic hydroxyl groups is 1. The van der Waals surface area contributed by atoms with Gasteiger partial charge in [-0.2, -0.15) is 0 Å². The normalized spacial score (nSPS) is 32.0. The minimum absolute atomic E-state index is 0.234. The highest BCUT2D eigenvalue weighted by Gasteiger charge is 2.47. The molecule has 2 aliphatic heterocycles. The van der Waals surface area contributed by atoms with E-state index in [4.69, 9.17) is 9.57 Å². The van der Waals surface area contributed by atoms with E-state index in [2.05, 4.69) is 12.1 Å². The van der Waals surface area contributed by atoms with Crippen molar-refractivity contribution in [3.05, 3.63) is 0 Å². The second-order valence-electron chi connectivity index (χ2n) is 5.50. The summed E-state index contributed by atoms with van der Waals surface area (Å²) in [7, 11) is 0. The highest BCUT2D eigenvalue weighted by molar-refractivity contribution is 5.86. The van der Waals surface area contributed by atoms with Crippen LogP contribution in [0.4, 0.5) is 0 Å². The van der Waals surface area contributed by atoms with Crippen molar-refractivity contribution < 1.29 is 19.5 Å². The van der Waals surface area contributed by atoms with Crippen molar-refractivity contribution in [2.24, 2.45) is 5.16 Å². The summed E-state index contributed by atoms with van der Waals surface area (Å²) in [4.78, 5) is 17.0. The number of esters is 1. The first-order chi connectivity index (χ1) is 9.16. The molecule has 2 rings (SSSR count). The molecule has 0 aliphatic carbocycles. The Labute approximate surface area is 114 Å². The van der Waals surface area contributed by atoms with Crippen LogP contribution in [0.5, 0.6) is 0 Å². The molecule has 0 aromatic rings. The zero-order chi connectivity index (χ0) is 13.7. The van der Waals surface area contributed by atoms with Crippen LogP contribution < -0.4 is 0 Å². The number of aliphatic hydroxyl groups excluding tert-OH is 1. The Bertz CT molecular complexity index is 355. The van der Waals surface area contributed by atoms with Crippen LogP contribution in [0, 0.1) is 0 Å². The number of nitrogens with zero attached hydrogens (tertiary/aromatic N) is 1. The Morgan fingerprint density at radius 3 is 2.95 bits per heavy atom. The van der Waals surface area contributed by atoms with Gasteiger partial charge in [0, 0.05) is 12.8 Å². The molecule has 108 valence electrons. The number of ether oxygens (including phenoxy) is 1. The maximum Gasteiger partial charge on any atom is 0.306 e. The molecule has 2 atom stereocenters. The molecule has 0 saturated carbocycles. The third-order valence-electron chi connectivity index (χ3n) is 3.85. The summed E-state index contributed by atoms with van der Waals surface area (Å²) in [5, 5.41) is 14.0. The van der Waals surface area contributed by atoms with Crippen LogP contribution in [-0.4, -0.2) is 28.7 Å². The molecule has 0 aromatic carbocycles. The van der Waals surface area contributed by atoms with E-state index in [1.807, 2.05) is 0 Å². The smallest absolute Gasteiger partial charge is 0.306 e. The number of carbonyl (C=O) groups excluding carboxylic acids is 1. The van der Waals surface area contributed by atoms with Gasteiger partial charge in [0.2, 0.25) is 0 Å². The van der Waals surface area contributed by atoms with Gasteiger partial charge in [-0.05, 0) is 32.1 Å². The number of hydrogen-bond acceptors (Lipinski definition) is 5. The van der Waals surface area contributed by atoms with Gasteiger partial charge >= 0.3 is 5.97 Å². The Kier molecular flexibility index (Phi) is 4.80. The van der Waals surface area contributed by atoms with Gasteiger partial charge in [-0.3, -0.25) is 4.79 Å². The fourth-order valence-electron chi connectivity index (χ4n) is 2.70. The SMILES string of the molecule is CCCC[C@]12CC(=NO[C@@H]1O)CCCCCC(=O)O2. The second-order valence-corrected chi connectivity index (χ2v) is 5.50. The average Bonchev–Trinajstić information content (AvgIpc) is 2.40. The van der Waals surface area contributed by atoms with E-state index >= 15 is 0 Å². The first-order valence-electron chi connectivity index (χ1n) is 7.28. The topological polar surface area (TPSA) is 68.1 Å². The molecule has 1 fully saturated rings. The first-order valence-corrected chi connectivity index (χ1v) is 7.28. The van der Waals surface area contributed by atoms with Gasteiger partial charge in [0.15, 0.2) is 5.60 Å². The van der Waals surface area contributed by atoms with Gasteiger partial charge in [-0.15, -0.1) is 0 Å². The molecule has 0 unspecified atom stereocenters. The molecule has 0 radical (unpaired) electrons. The van der Waals surface area contributed by atoms with E-state index in [1.165, 1.54) is 0 Å². The molecule has 0 amide bonds. The number of fused-ring (bicyclic) bond motifs is 2. The Morgan fingerprint density at radius 1 is 1.37 bits per heavy atom. The number of carbonyl (C=O) groups is 1. The Hall–Kier alpha value is -1.10. The van der Waals surface area contributed by atoms with Gasteiger partial charge in [-0.25, -0.2) is 0 Å². The predicted molar refractivity (Wildman–Crippen MR) is 70.6 cm³/mol. The molecule has 2 heterocycles. The van der Waals surface area contributed by atoms with Crippen LogP contribution in [-0.2, 0) is 14.4 Å². The van der Waals surface area contributed by atoms with Crippen LogP contribution in [0.2, 0.25) is 0 Å². The highest BCUT2D eigenvalue weighted by atomic mass is 16.7. The summed E-state index contributed by atoms with van der Waals surface area (Å²) in [6.07, 6.45) is 5.98. The number of hydrogen-bond donors (Lipinski definition) is 1. The van der Waals surface area contributed by atoms with Gasteiger partial charge in [0.05, 0.1) is 5.71 Å². The summed E-state index contributed by atoms with van der Waals surface area (Å²) in [6.45, 7) is 2.07. The van der Waals surface area contributed by atoms with E-state index in [0.717, 1.165) is 44.2 Å². The van der Waals surface area contributed by atoms with E-state index in [1.54, 1.807) is 0 Å². The second kappa shape index (κ2) is 6.37. The van der Waals surface area contributed by atoms with E-state index in [-0.39, 0.29) is 5.97 Å². The fourth-order valence-corrected chi connectivity index (χ4v) is 2.70. The van der Waals surface area contributed by atoms with Crippen LogP contribution >= 0.6 is 0 Å². The van der Waals surface area contributed by atoms with Crippen LogP contribution in [0.15, 0.2) is 5.16 Å². The third kappa shape index (κ3) is 3.47. The van der Waals surface area contributed by atoms with Gasteiger partial charge in [0.1, 0.15) is 0 Å². The molecule has 5 nitrogen and oxygen atoms in total. The summed E-state index contributed by atoms with van der Waals surface area (Å²) < 4.78 is 5.60. The molecule has 1 N–H and O–H groups in total. The summed E-state index contributed by atoms with van der Waals surface area (Å²) >= 11 is 0. The molecule has 1 saturated heterocycles. The monoisotopic (exact) mass is 269 g/mol. The highest BCUT2D eigenvalue weighted by Crippen LogP contribution is 2.34. The van der Waals surface area contributed by atoms with Crippen LogP contribution in [0.3, 0.4) is 0 Å². The molecular formula is C14H23NO4. The van der Waals surface area contributed by atoms with E-state index in [9.17, 15) is 9.90 Å². The zero-order valence-electron chi connectivity index (χ0n) is 11.6. The van der Waals surface area contributed by atoms with Gasteiger partial charge < -0.3 is 14.7 Å². The molecule has 19 heavy (non-hydrogen) atoms.